The van der Waals surface area contributed by atoms with Gasteiger partial charge in [-0.05, 0) is 44.9 Å². The lowest BCUT2D eigenvalue weighted by Gasteiger charge is -2.35. The van der Waals surface area contributed by atoms with E-state index in [2.05, 4.69) is 5.32 Å². The fraction of sp³-hybridized carbons (Fsp3) is 0.500. The maximum Gasteiger partial charge on any atom is 0.251 e. The van der Waals surface area contributed by atoms with Crippen molar-refractivity contribution in [2.45, 2.75) is 43.2 Å². The van der Waals surface area contributed by atoms with Crippen molar-refractivity contribution in [3.63, 3.8) is 0 Å². The molecule has 0 aromatic heterocycles. The fourth-order valence-electron chi connectivity index (χ4n) is 2.50. The Hall–Kier alpha value is -1.15. The molecule has 1 aliphatic heterocycles. The topological polar surface area (TPSA) is 98.5 Å². The third kappa shape index (κ3) is 4.19. The Morgan fingerprint density at radius 3 is 2.68 bits per heavy atom. The number of hydrogen-bond acceptors (Lipinski definition) is 4. The second kappa shape index (κ2) is 6.16. The van der Waals surface area contributed by atoms with Crippen LogP contribution < -0.4 is 10.5 Å². The second-order valence-electron chi connectivity index (χ2n) is 5.96. The summed E-state index contributed by atoms with van der Waals surface area (Å²) in [7, 11) is -3.90. The number of primary sulfonamides is 1. The highest BCUT2D eigenvalue weighted by atomic mass is 35.5. The van der Waals surface area contributed by atoms with Gasteiger partial charge in [-0.2, -0.15) is 0 Å². The van der Waals surface area contributed by atoms with Gasteiger partial charge in [-0.15, -0.1) is 0 Å². The number of carbonyl (C=O) groups is 1. The third-order valence-electron chi connectivity index (χ3n) is 3.53. The molecule has 6 nitrogen and oxygen atoms in total. The number of nitrogens with two attached hydrogens (primary N) is 1. The number of benzene rings is 1. The molecular weight excluding hydrogens is 328 g/mol. The van der Waals surface area contributed by atoms with Crippen molar-refractivity contribution in [2.75, 3.05) is 6.61 Å². The van der Waals surface area contributed by atoms with E-state index in [0.717, 1.165) is 6.42 Å². The Morgan fingerprint density at radius 2 is 2.14 bits per heavy atom. The van der Waals surface area contributed by atoms with E-state index in [-0.39, 0.29) is 27.5 Å². The van der Waals surface area contributed by atoms with Gasteiger partial charge in [0.1, 0.15) is 4.90 Å². The smallest absolute Gasteiger partial charge is 0.251 e. The first kappa shape index (κ1) is 17.2. The van der Waals surface area contributed by atoms with Crippen molar-refractivity contribution in [2.24, 2.45) is 5.14 Å². The van der Waals surface area contributed by atoms with Crippen LogP contribution >= 0.6 is 11.6 Å². The summed E-state index contributed by atoms with van der Waals surface area (Å²) in [5, 5.41) is 7.89. The van der Waals surface area contributed by atoms with Crippen molar-refractivity contribution in [1.82, 2.24) is 5.32 Å². The van der Waals surface area contributed by atoms with Crippen LogP contribution in [-0.2, 0) is 14.8 Å². The summed E-state index contributed by atoms with van der Waals surface area (Å²) in [6, 6.07) is 3.94. The number of amides is 1. The lowest BCUT2D eigenvalue weighted by molar-refractivity contribution is -0.0615. The van der Waals surface area contributed by atoms with Crippen LogP contribution in [-0.4, -0.2) is 32.6 Å². The van der Waals surface area contributed by atoms with Crippen LogP contribution in [0.5, 0.6) is 0 Å². The van der Waals surface area contributed by atoms with E-state index >= 15 is 0 Å². The molecule has 1 amide bonds. The second-order valence-corrected chi connectivity index (χ2v) is 7.90. The van der Waals surface area contributed by atoms with Crippen molar-refractivity contribution in [1.29, 1.82) is 0 Å². The molecule has 1 heterocycles. The third-order valence-corrected chi connectivity index (χ3v) is 4.93. The van der Waals surface area contributed by atoms with Crippen LogP contribution in [0.1, 0.15) is 37.0 Å². The average Bonchev–Trinajstić information content (AvgIpc) is 2.35. The molecule has 1 saturated heterocycles. The predicted octanol–water partition coefficient (Wildman–Crippen LogP) is 1.67. The molecule has 1 unspecified atom stereocenters. The molecule has 0 spiro atoms. The number of carbonyl (C=O) groups excluding carboxylic acids is 1. The summed E-state index contributed by atoms with van der Waals surface area (Å²) >= 11 is 5.89. The molecule has 22 heavy (non-hydrogen) atoms. The normalized spacial score (nSPS) is 21.4. The van der Waals surface area contributed by atoms with Crippen LogP contribution in [0.25, 0.3) is 0 Å². The molecule has 1 atom stereocenters. The van der Waals surface area contributed by atoms with E-state index in [9.17, 15) is 13.2 Å². The van der Waals surface area contributed by atoms with E-state index in [0.29, 0.717) is 18.6 Å². The number of ether oxygens (including phenoxy) is 1. The zero-order chi connectivity index (χ0) is 16.5. The van der Waals surface area contributed by atoms with E-state index in [1.807, 2.05) is 13.8 Å². The summed E-state index contributed by atoms with van der Waals surface area (Å²) in [4.78, 5) is 12.0. The van der Waals surface area contributed by atoms with E-state index in [1.54, 1.807) is 0 Å². The zero-order valence-electron chi connectivity index (χ0n) is 12.4. The zero-order valence-corrected chi connectivity index (χ0v) is 14.0. The molecule has 1 aromatic carbocycles. The Labute approximate surface area is 135 Å². The first-order valence-corrected chi connectivity index (χ1v) is 8.78. The summed E-state index contributed by atoms with van der Waals surface area (Å²) in [5.41, 5.74) is 0.0207. The lowest BCUT2D eigenvalue weighted by Crippen LogP contribution is -2.45. The maximum atomic E-state index is 12.2. The molecule has 0 radical (unpaired) electrons. The SMILES string of the molecule is CC1(C)CC(NC(=O)c2ccc(S(N)(=O)=O)c(Cl)c2)CCO1. The Kier molecular flexibility index (Phi) is 4.81. The van der Waals surface area contributed by atoms with Crippen molar-refractivity contribution in [3.8, 4) is 0 Å². The monoisotopic (exact) mass is 346 g/mol. The number of nitrogens with one attached hydrogen (secondary N) is 1. The Bertz CT molecular complexity index is 688. The molecule has 0 aliphatic carbocycles. The van der Waals surface area contributed by atoms with Crippen LogP contribution in [0.3, 0.4) is 0 Å². The molecular formula is C14H19ClN2O4S. The van der Waals surface area contributed by atoms with Crippen molar-refractivity contribution in [3.05, 3.63) is 28.8 Å². The molecule has 3 N–H and O–H groups in total. The molecule has 1 fully saturated rings. The number of hydrogen-bond donors (Lipinski definition) is 2. The van der Waals surface area contributed by atoms with E-state index in [4.69, 9.17) is 21.5 Å². The summed E-state index contributed by atoms with van der Waals surface area (Å²) < 4.78 is 28.2. The van der Waals surface area contributed by atoms with E-state index in [1.165, 1.54) is 18.2 Å². The summed E-state index contributed by atoms with van der Waals surface area (Å²) in [6.45, 7) is 4.54. The van der Waals surface area contributed by atoms with Crippen LogP contribution in [0.15, 0.2) is 23.1 Å². The number of halogens is 1. The molecule has 0 bridgehead atoms. The van der Waals surface area contributed by atoms with Gasteiger partial charge in [-0.25, -0.2) is 13.6 Å². The van der Waals surface area contributed by atoms with Gasteiger partial charge in [0.05, 0.1) is 10.6 Å². The number of sulfonamides is 1. The largest absolute Gasteiger partial charge is 0.375 e. The van der Waals surface area contributed by atoms with Gasteiger partial charge in [0, 0.05) is 18.2 Å². The maximum absolute atomic E-state index is 12.2. The van der Waals surface area contributed by atoms with Gasteiger partial charge in [-0.1, -0.05) is 11.6 Å². The van der Waals surface area contributed by atoms with Crippen LogP contribution in [0.2, 0.25) is 5.02 Å². The standard InChI is InChI=1S/C14H19ClN2O4S/c1-14(2)8-10(5-6-21-14)17-13(18)9-3-4-12(11(15)7-9)22(16,19)20/h3-4,7,10H,5-6,8H2,1-2H3,(H,17,18)(H2,16,19,20). The van der Waals surface area contributed by atoms with Gasteiger partial charge >= 0.3 is 0 Å². The minimum atomic E-state index is -3.90. The molecule has 1 aliphatic rings. The Balaban J connectivity index is 2.12. The molecule has 122 valence electrons. The van der Waals surface area contributed by atoms with Gasteiger partial charge in [0.25, 0.3) is 5.91 Å². The van der Waals surface area contributed by atoms with Gasteiger partial charge < -0.3 is 10.1 Å². The first-order valence-electron chi connectivity index (χ1n) is 6.86. The highest BCUT2D eigenvalue weighted by molar-refractivity contribution is 7.89. The highest BCUT2D eigenvalue weighted by Gasteiger charge is 2.30. The Morgan fingerprint density at radius 1 is 1.45 bits per heavy atom. The quantitative estimate of drug-likeness (QED) is 0.869. The molecule has 2 rings (SSSR count). The molecule has 0 saturated carbocycles. The lowest BCUT2D eigenvalue weighted by atomic mass is 9.94. The fourth-order valence-corrected chi connectivity index (χ4v) is 3.59. The predicted molar refractivity (Wildman–Crippen MR) is 83.3 cm³/mol. The minimum absolute atomic E-state index is 0.00735. The van der Waals surface area contributed by atoms with Gasteiger partial charge in [0.2, 0.25) is 10.0 Å². The van der Waals surface area contributed by atoms with Crippen molar-refractivity contribution >= 4 is 27.5 Å². The molecule has 1 aromatic rings. The minimum Gasteiger partial charge on any atom is -0.375 e. The average molecular weight is 347 g/mol. The van der Waals surface area contributed by atoms with Crippen molar-refractivity contribution < 1.29 is 17.9 Å². The summed E-state index contributed by atoms with van der Waals surface area (Å²) in [5.74, 6) is -0.300. The summed E-state index contributed by atoms with van der Waals surface area (Å²) in [6.07, 6.45) is 1.44. The highest BCUT2D eigenvalue weighted by Crippen LogP contribution is 2.25. The first-order chi connectivity index (χ1) is 10.1. The number of rotatable bonds is 3. The van der Waals surface area contributed by atoms with Gasteiger partial charge in [0.15, 0.2) is 0 Å². The van der Waals surface area contributed by atoms with Gasteiger partial charge in [-0.3, -0.25) is 4.79 Å². The van der Waals surface area contributed by atoms with Crippen LogP contribution in [0.4, 0.5) is 0 Å². The van der Waals surface area contributed by atoms with E-state index < -0.39 is 10.0 Å². The van der Waals surface area contributed by atoms with Crippen LogP contribution in [0, 0.1) is 0 Å². The molecule has 8 heteroatoms.